The van der Waals surface area contributed by atoms with Crippen molar-refractivity contribution in [3.05, 3.63) is 101 Å². The van der Waals surface area contributed by atoms with Gasteiger partial charge in [0.2, 0.25) is 0 Å². The zero-order valence-electron chi connectivity index (χ0n) is 20.6. The number of aliphatic hydroxyl groups is 1. The smallest absolute Gasteiger partial charge is 0.277 e. The van der Waals surface area contributed by atoms with Crippen LogP contribution in [-0.2, 0) is 12.1 Å². The maximum Gasteiger partial charge on any atom is 0.277 e. The highest BCUT2D eigenvalue weighted by Gasteiger charge is 2.36. The van der Waals surface area contributed by atoms with Crippen LogP contribution >= 0.6 is 0 Å². The lowest BCUT2D eigenvalue weighted by molar-refractivity contribution is -0.0387. The van der Waals surface area contributed by atoms with Crippen molar-refractivity contribution in [2.24, 2.45) is 0 Å². The Morgan fingerprint density at radius 1 is 1.00 bits per heavy atom. The van der Waals surface area contributed by atoms with Gasteiger partial charge in [-0.3, -0.25) is 14.3 Å². The number of nitriles is 1. The predicted octanol–water partition coefficient (Wildman–Crippen LogP) is 4.71. The lowest BCUT2D eigenvalue weighted by Crippen LogP contribution is -2.41. The number of amides is 2. The summed E-state index contributed by atoms with van der Waals surface area (Å²) in [5.74, 6) is -0.752. The minimum absolute atomic E-state index is 0.187. The number of hydrogen-bond donors (Lipinski definition) is 2. The number of aromatic nitrogens is 2. The molecule has 2 heterocycles. The van der Waals surface area contributed by atoms with Crippen LogP contribution < -0.4 is 10.2 Å². The Balaban J connectivity index is 1.20. The number of carbonyl (C=O) groups is 2. The lowest BCUT2D eigenvalue weighted by Gasteiger charge is -2.37. The predicted molar refractivity (Wildman–Crippen MR) is 143 cm³/mol. The lowest BCUT2D eigenvalue weighted by atomic mass is 9.75. The minimum Gasteiger partial charge on any atom is -0.385 e. The Morgan fingerprint density at radius 2 is 1.71 bits per heavy atom. The minimum atomic E-state index is -0.681. The van der Waals surface area contributed by atoms with Crippen LogP contribution in [0.3, 0.4) is 0 Å². The number of rotatable bonds is 5. The van der Waals surface area contributed by atoms with Crippen molar-refractivity contribution in [1.29, 1.82) is 5.26 Å². The second kappa shape index (κ2) is 9.29. The largest absolute Gasteiger partial charge is 0.385 e. The van der Waals surface area contributed by atoms with E-state index >= 15 is 0 Å². The molecule has 1 aliphatic carbocycles. The molecular formula is C30H25N5O3. The summed E-state index contributed by atoms with van der Waals surface area (Å²) in [6.45, 7) is 0.899. The Labute approximate surface area is 219 Å². The summed E-state index contributed by atoms with van der Waals surface area (Å²) in [5.41, 5.74) is 4.38. The van der Waals surface area contributed by atoms with Crippen molar-refractivity contribution in [3.63, 3.8) is 0 Å². The fraction of sp³-hybridized carbons (Fsp3) is 0.200. The molecular weight excluding hydrogens is 478 g/mol. The van der Waals surface area contributed by atoms with Crippen molar-refractivity contribution < 1.29 is 14.7 Å². The highest BCUT2D eigenvalue weighted by molar-refractivity contribution is 6.15. The van der Waals surface area contributed by atoms with Gasteiger partial charge >= 0.3 is 0 Å². The molecule has 8 nitrogen and oxygen atoms in total. The summed E-state index contributed by atoms with van der Waals surface area (Å²) >= 11 is 0. The molecule has 0 atom stereocenters. The van der Waals surface area contributed by atoms with E-state index in [2.05, 4.69) is 10.4 Å². The first-order chi connectivity index (χ1) is 18.4. The molecule has 6 rings (SSSR count). The van der Waals surface area contributed by atoms with E-state index in [-0.39, 0.29) is 17.2 Å². The summed E-state index contributed by atoms with van der Waals surface area (Å²) in [6.07, 6.45) is 4.08. The molecule has 0 saturated heterocycles. The maximum atomic E-state index is 13.5. The van der Waals surface area contributed by atoms with Gasteiger partial charge in [0.1, 0.15) is 5.69 Å². The zero-order chi connectivity index (χ0) is 26.3. The molecule has 3 aromatic carbocycles. The van der Waals surface area contributed by atoms with Gasteiger partial charge in [0, 0.05) is 17.9 Å². The Kier molecular flexibility index (Phi) is 5.78. The average Bonchev–Trinajstić information content (AvgIpc) is 3.38. The third kappa shape index (κ3) is 4.13. The number of fused-ring (bicyclic) bond motifs is 1. The molecule has 0 spiro atoms. The van der Waals surface area contributed by atoms with E-state index in [4.69, 9.17) is 5.26 Å². The first-order valence-corrected chi connectivity index (χ1v) is 12.6. The van der Waals surface area contributed by atoms with E-state index in [0.29, 0.717) is 24.3 Å². The van der Waals surface area contributed by atoms with Gasteiger partial charge in [-0.25, -0.2) is 0 Å². The fourth-order valence-electron chi connectivity index (χ4n) is 5.09. The van der Waals surface area contributed by atoms with Crippen LogP contribution in [0.25, 0.3) is 11.1 Å². The summed E-state index contributed by atoms with van der Waals surface area (Å²) in [6, 6.07) is 24.4. The highest BCUT2D eigenvalue weighted by atomic mass is 16.3. The standard InChI is InChI=1S/C30H25N5O3/c31-18-20-3-1-4-24(17-20)33-28(36)26-19-32-35-16-15-34(29(37)27(26)35)25-11-7-22(8-12-25)21-5-9-23(10-6-21)30(38)13-2-14-30/h1,3-12,17,19,38H,2,13-16H2,(H,33,36). The molecule has 0 unspecified atom stereocenters. The second-order valence-electron chi connectivity index (χ2n) is 9.74. The molecule has 1 aliphatic heterocycles. The molecule has 1 fully saturated rings. The quantitative estimate of drug-likeness (QED) is 0.410. The van der Waals surface area contributed by atoms with Crippen LogP contribution in [0.15, 0.2) is 79.0 Å². The number of nitrogens with one attached hydrogen (secondary N) is 1. The van der Waals surface area contributed by atoms with E-state index in [1.165, 1.54) is 6.20 Å². The number of nitrogens with zero attached hydrogens (tertiary/aromatic N) is 4. The molecule has 2 aliphatic rings. The molecule has 188 valence electrons. The SMILES string of the molecule is N#Cc1cccc(NC(=O)c2cnn3c2C(=O)N(c2ccc(-c4ccc(C5(O)CCC5)cc4)cc2)CC3)c1. The third-order valence-electron chi connectivity index (χ3n) is 7.43. The summed E-state index contributed by atoms with van der Waals surface area (Å²) in [5, 5.41) is 26.7. The molecule has 4 aromatic rings. The molecule has 2 N–H and O–H groups in total. The van der Waals surface area contributed by atoms with E-state index in [9.17, 15) is 14.7 Å². The topological polar surface area (TPSA) is 111 Å². The highest BCUT2D eigenvalue weighted by Crippen LogP contribution is 2.41. The van der Waals surface area contributed by atoms with Gasteiger partial charge in [-0.2, -0.15) is 10.4 Å². The van der Waals surface area contributed by atoms with Gasteiger partial charge in [-0.15, -0.1) is 0 Å². The van der Waals surface area contributed by atoms with Gasteiger partial charge < -0.3 is 15.3 Å². The molecule has 1 aromatic heterocycles. The number of benzene rings is 3. The normalized spacial score (nSPS) is 15.8. The Hall–Kier alpha value is -4.74. The summed E-state index contributed by atoms with van der Waals surface area (Å²) < 4.78 is 1.56. The maximum absolute atomic E-state index is 13.5. The van der Waals surface area contributed by atoms with Crippen LogP contribution in [0.1, 0.15) is 51.2 Å². The summed E-state index contributed by atoms with van der Waals surface area (Å²) in [7, 11) is 0. The molecule has 0 bridgehead atoms. The van der Waals surface area contributed by atoms with Crippen LogP contribution in [0.2, 0.25) is 0 Å². The van der Waals surface area contributed by atoms with Crippen molar-refractivity contribution in [2.75, 3.05) is 16.8 Å². The van der Waals surface area contributed by atoms with Gasteiger partial charge in [-0.05, 0) is 66.3 Å². The van der Waals surface area contributed by atoms with E-state index in [1.54, 1.807) is 33.8 Å². The third-order valence-corrected chi connectivity index (χ3v) is 7.43. The van der Waals surface area contributed by atoms with Crippen molar-refractivity contribution in [2.45, 2.75) is 31.4 Å². The van der Waals surface area contributed by atoms with Crippen LogP contribution in [-0.4, -0.2) is 33.2 Å². The van der Waals surface area contributed by atoms with Crippen LogP contribution in [0.4, 0.5) is 11.4 Å². The summed E-state index contributed by atoms with van der Waals surface area (Å²) in [4.78, 5) is 28.2. The first kappa shape index (κ1) is 23.6. The second-order valence-corrected chi connectivity index (χ2v) is 9.74. The Morgan fingerprint density at radius 3 is 2.37 bits per heavy atom. The van der Waals surface area contributed by atoms with E-state index in [1.807, 2.05) is 54.6 Å². The van der Waals surface area contributed by atoms with Crippen molar-refractivity contribution in [3.8, 4) is 17.2 Å². The molecule has 2 amide bonds. The number of carbonyl (C=O) groups excluding carboxylic acids is 2. The van der Waals surface area contributed by atoms with Crippen LogP contribution in [0, 0.1) is 11.3 Å². The number of anilines is 2. The average molecular weight is 504 g/mol. The number of hydrogen-bond acceptors (Lipinski definition) is 5. The molecule has 8 heteroatoms. The van der Waals surface area contributed by atoms with Gasteiger partial charge in [0.15, 0.2) is 0 Å². The van der Waals surface area contributed by atoms with Gasteiger partial charge in [0.25, 0.3) is 11.8 Å². The first-order valence-electron chi connectivity index (χ1n) is 12.6. The molecule has 1 saturated carbocycles. The van der Waals surface area contributed by atoms with Crippen LogP contribution in [0.5, 0.6) is 0 Å². The van der Waals surface area contributed by atoms with E-state index < -0.39 is 11.5 Å². The fourth-order valence-corrected chi connectivity index (χ4v) is 5.09. The van der Waals surface area contributed by atoms with Crippen molar-refractivity contribution in [1.82, 2.24) is 9.78 Å². The van der Waals surface area contributed by atoms with Gasteiger partial charge in [0.05, 0.1) is 35.5 Å². The molecule has 38 heavy (non-hydrogen) atoms. The van der Waals surface area contributed by atoms with Gasteiger partial charge in [-0.1, -0.05) is 42.5 Å². The van der Waals surface area contributed by atoms with E-state index in [0.717, 1.165) is 41.6 Å². The van der Waals surface area contributed by atoms with Crippen molar-refractivity contribution >= 4 is 23.2 Å². The molecule has 0 radical (unpaired) electrons. The zero-order valence-corrected chi connectivity index (χ0v) is 20.6. The monoisotopic (exact) mass is 503 g/mol. The Bertz CT molecular complexity index is 1580.